The molecule has 2 atom stereocenters. The van der Waals surface area contributed by atoms with Crippen molar-refractivity contribution < 1.29 is 9.47 Å². The highest BCUT2D eigenvalue weighted by molar-refractivity contribution is 14.0. The van der Waals surface area contributed by atoms with E-state index >= 15 is 0 Å². The molecule has 0 amide bonds. The molecule has 2 unspecified atom stereocenters. The van der Waals surface area contributed by atoms with Crippen molar-refractivity contribution in [1.82, 2.24) is 10.6 Å². The first-order valence-corrected chi connectivity index (χ1v) is 10.8. The van der Waals surface area contributed by atoms with Crippen LogP contribution < -0.4 is 10.6 Å². The molecule has 1 aliphatic carbocycles. The summed E-state index contributed by atoms with van der Waals surface area (Å²) in [6.07, 6.45) is 9.65. The number of nitrogens with zero attached hydrogens (tertiary/aromatic N) is 1. The van der Waals surface area contributed by atoms with Crippen LogP contribution in [0.4, 0.5) is 0 Å². The van der Waals surface area contributed by atoms with Crippen LogP contribution in [0, 0.1) is 0 Å². The van der Waals surface area contributed by atoms with Gasteiger partial charge in [0, 0.05) is 24.4 Å². The Morgan fingerprint density at radius 1 is 1.12 bits per heavy atom. The average Bonchev–Trinajstić information content (AvgIpc) is 2.60. The number of thioether (sulfide) groups is 1. The maximum atomic E-state index is 5.58. The van der Waals surface area contributed by atoms with Crippen molar-refractivity contribution in [2.75, 3.05) is 45.8 Å². The Morgan fingerprint density at radius 2 is 1.88 bits per heavy atom. The SMILES string of the molecule is CCCCOCCOCCN=C(NCC)NC1CCCC(SC)C1.I. The highest BCUT2D eigenvalue weighted by Crippen LogP contribution is 2.26. The second-order valence-corrected chi connectivity index (χ2v) is 7.34. The summed E-state index contributed by atoms with van der Waals surface area (Å²) in [5.41, 5.74) is 0. The molecule has 2 N–H and O–H groups in total. The summed E-state index contributed by atoms with van der Waals surface area (Å²) in [6, 6.07) is 0.543. The van der Waals surface area contributed by atoms with Gasteiger partial charge < -0.3 is 20.1 Å². The Labute approximate surface area is 175 Å². The van der Waals surface area contributed by atoms with E-state index in [2.05, 4.69) is 35.7 Å². The highest BCUT2D eigenvalue weighted by Gasteiger charge is 2.21. The number of aliphatic imine (C=N–C) groups is 1. The van der Waals surface area contributed by atoms with E-state index < -0.39 is 0 Å². The minimum atomic E-state index is 0. The predicted molar refractivity (Wildman–Crippen MR) is 121 cm³/mol. The molecule has 0 aromatic rings. The zero-order valence-electron chi connectivity index (χ0n) is 16.2. The Morgan fingerprint density at radius 3 is 2.56 bits per heavy atom. The van der Waals surface area contributed by atoms with Crippen LogP contribution in [0.5, 0.6) is 0 Å². The molecule has 0 aromatic heterocycles. The molecule has 0 bridgehead atoms. The van der Waals surface area contributed by atoms with E-state index in [0.717, 1.165) is 30.8 Å². The van der Waals surface area contributed by atoms with Crippen molar-refractivity contribution in [2.45, 2.75) is 63.7 Å². The molecular formula is C18H38IN3O2S. The second-order valence-electron chi connectivity index (χ2n) is 6.20. The number of ether oxygens (including phenoxy) is 2. The molecule has 0 heterocycles. The fourth-order valence-corrected chi connectivity index (χ4v) is 3.62. The molecule has 7 heteroatoms. The number of guanidine groups is 1. The molecule has 25 heavy (non-hydrogen) atoms. The van der Waals surface area contributed by atoms with Gasteiger partial charge in [-0.25, -0.2) is 0 Å². The van der Waals surface area contributed by atoms with Crippen molar-refractivity contribution in [3.63, 3.8) is 0 Å². The Bertz CT molecular complexity index is 335. The third-order valence-electron chi connectivity index (χ3n) is 4.16. The quantitative estimate of drug-likeness (QED) is 0.191. The first-order valence-electron chi connectivity index (χ1n) is 9.53. The van der Waals surface area contributed by atoms with Gasteiger partial charge in [-0.2, -0.15) is 11.8 Å². The first kappa shape index (κ1) is 25.3. The Kier molecular flexibility index (Phi) is 17.9. The van der Waals surface area contributed by atoms with Gasteiger partial charge in [0.05, 0.1) is 26.4 Å². The first-order chi connectivity index (χ1) is 11.8. The fraction of sp³-hybridized carbons (Fsp3) is 0.944. The van der Waals surface area contributed by atoms with Crippen LogP contribution in [0.2, 0.25) is 0 Å². The van der Waals surface area contributed by atoms with Gasteiger partial charge in [0.1, 0.15) is 0 Å². The van der Waals surface area contributed by atoms with Crippen LogP contribution in [0.15, 0.2) is 4.99 Å². The minimum Gasteiger partial charge on any atom is -0.379 e. The minimum absolute atomic E-state index is 0. The van der Waals surface area contributed by atoms with Gasteiger partial charge in [0.2, 0.25) is 0 Å². The van der Waals surface area contributed by atoms with E-state index in [1.165, 1.54) is 32.1 Å². The topological polar surface area (TPSA) is 54.9 Å². The molecule has 0 aromatic carbocycles. The van der Waals surface area contributed by atoms with E-state index in [1.54, 1.807) is 0 Å². The van der Waals surface area contributed by atoms with Crippen molar-refractivity contribution >= 4 is 41.7 Å². The van der Waals surface area contributed by atoms with Crippen LogP contribution in [-0.2, 0) is 9.47 Å². The molecule has 5 nitrogen and oxygen atoms in total. The van der Waals surface area contributed by atoms with Crippen LogP contribution in [0.3, 0.4) is 0 Å². The summed E-state index contributed by atoms with van der Waals surface area (Å²) < 4.78 is 11.0. The van der Waals surface area contributed by atoms with Crippen LogP contribution in [0.25, 0.3) is 0 Å². The number of rotatable bonds is 12. The Balaban J connectivity index is 0.00000576. The maximum Gasteiger partial charge on any atom is 0.191 e. The molecule has 1 aliphatic rings. The lowest BCUT2D eigenvalue weighted by Crippen LogP contribution is -2.45. The third-order valence-corrected chi connectivity index (χ3v) is 5.26. The van der Waals surface area contributed by atoms with Crippen LogP contribution in [-0.4, -0.2) is 63.0 Å². The largest absolute Gasteiger partial charge is 0.379 e. The Hall–Kier alpha value is 0.270. The molecule has 1 rings (SSSR count). The van der Waals surface area contributed by atoms with Gasteiger partial charge in [-0.05, 0) is 38.9 Å². The van der Waals surface area contributed by atoms with Crippen LogP contribution >= 0.6 is 35.7 Å². The van der Waals surface area contributed by atoms with Crippen molar-refractivity contribution in [1.29, 1.82) is 0 Å². The number of hydrogen-bond acceptors (Lipinski definition) is 4. The summed E-state index contributed by atoms with van der Waals surface area (Å²) >= 11 is 1.99. The van der Waals surface area contributed by atoms with Crippen LogP contribution in [0.1, 0.15) is 52.4 Å². The molecule has 1 fully saturated rings. The smallest absolute Gasteiger partial charge is 0.191 e. The molecule has 1 saturated carbocycles. The molecule has 0 spiro atoms. The number of nitrogens with one attached hydrogen (secondary N) is 2. The third kappa shape index (κ3) is 13.1. The lowest BCUT2D eigenvalue weighted by molar-refractivity contribution is 0.0497. The fourth-order valence-electron chi connectivity index (χ4n) is 2.79. The van der Waals surface area contributed by atoms with Gasteiger partial charge in [0.25, 0.3) is 0 Å². The van der Waals surface area contributed by atoms with E-state index in [4.69, 9.17) is 9.47 Å². The zero-order valence-corrected chi connectivity index (χ0v) is 19.4. The number of hydrogen-bond donors (Lipinski definition) is 2. The van der Waals surface area contributed by atoms with Gasteiger partial charge in [-0.15, -0.1) is 24.0 Å². The van der Waals surface area contributed by atoms with Gasteiger partial charge in [-0.1, -0.05) is 19.8 Å². The number of halogens is 1. The lowest BCUT2D eigenvalue weighted by atomic mass is 9.95. The highest BCUT2D eigenvalue weighted by atomic mass is 127. The normalized spacial score (nSPS) is 20.8. The van der Waals surface area contributed by atoms with Gasteiger partial charge in [0.15, 0.2) is 5.96 Å². The van der Waals surface area contributed by atoms with E-state index in [-0.39, 0.29) is 24.0 Å². The second kappa shape index (κ2) is 17.7. The molecule has 0 saturated heterocycles. The maximum absolute atomic E-state index is 5.58. The lowest BCUT2D eigenvalue weighted by Gasteiger charge is -2.29. The van der Waals surface area contributed by atoms with E-state index in [1.807, 2.05) is 11.8 Å². The summed E-state index contributed by atoms with van der Waals surface area (Å²) in [7, 11) is 0. The molecular weight excluding hydrogens is 449 g/mol. The number of unbranched alkanes of at least 4 members (excludes halogenated alkanes) is 1. The predicted octanol–water partition coefficient (Wildman–Crippen LogP) is 3.67. The van der Waals surface area contributed by atoms with Crippen molar-refractivity contribution in [2.24, 2.45) is 4.99 Å². The molecule has 0 radical (unpaired) electrons. The van der Waals surface area contributed by atoms with Gasteiger partial charge in [-0.3, -0.25) is 4.99 Å². The molecule has 150 valence electrons. The summed E-state index contributed by atoms with van der Waals surface area (Å²) in [5.74, 6) is 0.923. The summed E-state index contributed by atoms with van der Waals surface area (Å²) in [6.45, 7) is 8.66. The molecule has 0 aliphatic heterocycles. The summed E-state index contributed by atoms with van der Waals surface area (Å²) in [5, 5.41) is 7.72. The van der Waals surface area contributed by atoms with Gasteiger partial charge >= 0.3 is 0 Å². The average molecular weight is 487 g/mol. The standard InChI is InChI=1S/C18H37N3O2S.HI/c1-4-6-11-22-13-14-23-12-10-20-18(19-5-2)21-16-8-7-9-17(15-16)24-3;/h16-17H,4-15H2,1-3H3,(H2,19,20,21);1H. The van der Waals surface area contributed by atoms with Crippen molar-refractivity contribution in [3.8, 4) is 0 Å². The monoisotopic (exact) mass is 487 g/mol. The van der Waals surface area contributed by atoms with E-state index in [9.17, 15) is 0 Å². The van der Waals surface area contributed by atoms with Crippen molar-refractivity contribution in [3.05, 3.63) is 0 Å². The zero-order chi connectivity index (χ0) is 17.5. The summed E-state index contributed by atoms with van der Waals surface area (Å²) in [4.78, 5) is 4.63. The van der Waals surface area contributed by atoms with E-state index in [0.29, 0.717) is 32.4 Å².